The van der Waals surface area contributed by atoms with Gasteiger partial charge in [0.1, 0.15) is 5.92 Å². The van der Waals surface area contributed by atoms with Gasteiger partial charge in [-0.3, -0.25) is 0 Å². The van der Waals surface area contributed by atoms with Gasteiger partial charge >= 0.3 is 0 Å². The molecule has 0 radical (unpaired) electrons. The first-order chi connectivity index (χ1) is 6.69. The van der Waals surface area contributed by atoms with Gasteiger partial charge in [0.2, 0.25) is 0 Å². The lowest BCUT2D eigenvalue weighted by molar-refractivity contribution is 0.317. The molecular formula is C10H11N3O. The van der Waals surface area contributed by atoms with Crippen LogP contribution in [0.5, 0.6) is 0 Å². The number of hydrogen-bond donors (Lipinski definition) is 2. The molecule has 1 rings (SSSR count). The topological polar surface area (TPSA) is 82.4 Å². The number of nitriles is 1. The summed E-state index contributed by atoms with van der Waals surface area (Å²) in [4.78, 5) is 0. The Balaban J connectivity index is 3.09. The molecule has 0 aliphatic carbocycles. The third-order valence-electron chi connectivity index (χ3n) is 1.95. The van der Waals surface area contributed by atoms with Gasteiger partial charge in [0, 0.05) is 5.69 Å². The van der Waals surface area contributed by atoms with Crippen molar-refractivity contribution in [2.45, 2.75) is 12.8 Å². The molecule has 0 amide bonds. The summed E-state index contributed by atoms with van der Waals surface area (Å²) in [5.74, 6) is -0.538. The highest BCUT2D eigenvalue weighted by atomic mass is 16.4. The molecule has 1 unspecified atom stereocenters. The largest absolute Gasteiger partial charge is 0.411 e. The van der Waals surface area contributed by atoms with Crippen molar-refractivity contribution in [2.75, 3.05) is 5.73 Å². The summed E-state index contributed by atoms with van der Waals surface area (Å²) < 4.78 is 0. The van der Waals surface area contributed by atoms with E-state index in [1.807, 2.05) is 6.07 Å². The zero-order valence-corrected chi connectivity index (χ0v) is 7.81. The number of oxime groups is 1. The van der Waals surface area contributed by atoms with Gasteiger partial charge in [0.25, 0.3) is 0 Å². The zero-order chi connectivity index (χ0) is 10.6. The molecule has 0 aliphatic heterocycles. The summed E-state index contributed by atoms with van der Waals surface area (Å²) in [5.41, 5.74) is 7.27. The maximum absolute atomic E-state index is 8.89. The van der Waals surface area contributed by atoms with Crippen molar-refractivity contribution in [3.05, 3.63) is 29.8 Å². The Labute approximate surface area is 82.3 Å². The van der Waals surface area contributed by atoms with Crippen molar-refractivity contribution in [3.63, 3.8) is 0 Å². The molecule has 1 aromatic rings. The monoisotopic (exact) mass is 189 g/mol. The van der Waals surface area contributed by atoms with E-state index in [0.29, 0.717) is 11.4 Å². The van der Waals surface area contributed by atoms with E-state index in [0.717, 1.165) is 5.56 Å². The van der Waals surface area contributed by atoms with Crippen molar-refractivity contribution in [3.8, 4) is 6.07 Å². The van der Waals surface area contributed by atoms with Crippen LogP contribution in [0.25, 0.3) is 0 Å². The highest BCUT2D eigenvalue weighted by Gasteiger charge is 2.14. The molecular weight excluding hydrogens is 178 g/mol. The minimum atomic E-state index is -0.538. The van der Waals surface area contributed by atoms with Crippen LogP contribution in [0.1, 0.15) is 18.4 Å². The summed E-state index contributed by atoms with van der Waals surface area (Å²) >= 11 is 0. The molecule has 0 saturated heterocycles. The molecule has 4 heteroatoms. The lowest BCUT2D eigenvalue weighted by Crippen LogP contribution is -2.07. The minimum Gasteiger partial charge on any atom is -0.411 e. The van der Waals surface area contributed by atoms with E-state index in [1.165, 1.54) is 0 Å². The maximum Gasteiger partial charge on any atom is 0.113 e. The van der Waals surface area contributed by atoms with Crippen molar-refractivity contribution >= 4 is 11.4 Å². The first-order valence-electron chi connectivity index (χ1n) is 4.12. The predicted octanol–water partition coefficient (Wildman–Crippen LogP) is 1.73. The number of hydrogen-bond acceptors (Lipinski definition) is 4. The van der Waals surface area contributed by atoms with E-state index in [-0.39, 0.29) is 0 Å². The van der Waals surface area contributed by atoms with Gasteiger partial charge in [0.05, 0.1) is 11.8 Å². The second kappa shape index (κ2) is 4.28. The second-order valence-electron chi connectivity index (χ2n) is 2.97. The molecule has 0 fully saturated rings. The van der Waals surface area contributed by atoms with Crippen LogP contribution in [0, 0.1) is 11.3 Å². The molecule has 0 aliphatic rings. The highest BCUT2D eigenvalue weighted by Crippen LogP contribution is 2.18. The Hall–Kier alpha value is -2.02. The Bertz CT molecular complexity index is 393. The Morgan fingerprint density at radius 1 is 1.64 bits per heavy atom. The molecule has 3 N–H and O–H groups in total. The van der Waals surface area contributed by atoms with Gasteiger partial charge in [0.15, 0.2) is 0 Å². The fraction of sp³-hybridized carbons (Fsp3) is 0.200. The van der Waals surface area contributed by atoms with Gasteiger partial charge in [-0.2, -0.15) is 5.26 Å². The zero-order valence-electron chi connectivity index (χ0n) is 7.81. The van der Waals surface area contributed by atoms with E-state index in [9.17, 15) is 0 Å². The van der Waals surface area contributed by atoms with Crippen LogP contribution in [-0.2, 0) is 0 Å². The molecule has 72 valence electrons. The van der Waals surface area contributed by atoms with E-state index in [1.54, 1.807) is 31.2 Å². The molecule has 0 spiro atoms. The molecule has 0 saturated carbocycles. The summed E-state index contributed by atoms with van der Waals surface area (Å²) in [5, 5.41) is 20.5. The fourth-order valence-corrected chi connectivity index (χ4v) is 1.21. The Kier molecular flexibility index (Phi) is 3.08. The summed E-state index contributed by atoms with van der Waals surface area (Å²) in [7, 11) is 0. The van der Waals surface area contributed by atoms with Crippen LogP contribution in [0.15, 0.2) is 29.4 Å². The van der Waals surface area contributed by atoms with Crippen LogP contribution in [0.2, 0.25) is 0 Å². The minimum absolute atomic E-state index is 0.359. The van der Waals surface area contributed by atoms with Crippen LogP contribution in [0.3, 0.4) is 0 Å². The maximum atomic E-state index is 8.89. The first kappa shape index (κ1) is 10.1. The van der Waals surface area contributed by atoms with Gasteiger partial charge in [-0.05, 0) is 24.6 Å². The number of benzene rings is 1. The number of anilines is 1. The lowest BCUT2D eigenvalue weighted by Gasteiger charge is -2.07. The molecule has 0 aromatic heterocycles. The predicted molar refractivity (Wildman–Crippen MR) is 54.1 cm³/mol. The molecule has 14 heavy (non-hydrogen) atoms. The van der Waals surface area contributed by atoms with E-state index in [2.05, 4.69) is 5.16 Å². The third-order valence-corrected chi connectivity index (χ3v) is 1.95. The highest BCUT2D eigenvalue weighted by molar-refractivity contribution is 5.91. The Morgan fingerprint density at radius 3 is 2.86 bits per heavy atom. The molecule has 0 heterocycles. The smallest absolute Gasteiger partial charge is 0.113 e. The Morgan fingerprint density at radius 2 is 2.36 bits per heavy atom. The number of rotatable bonds is 2. The molecule has 1 atom stereocenters. The number of nitrogen functional groups attached to an aromatic ring is 1. The average molecular weight is 189 g/mol. The van der Waals surface area contributed by atoms with Crippen molar-refractivity contribution in [1.82, 2.24) is 0 Å². The standard InChI is InChI=1S/C10H11N3O/c1-7(13-14)10(6-11)8-3-2-4-9(12)5-8/h2-5,10,14H,12H2,1H3. The fourth-order valence-electron chi connectivity index (χ4n) is 1.21. The third kappa shape index (κ3) is 2.02. The molecule has 0 bridgehead atoms. The second-order valence-corrected chi connectivity index (χ2v) is 2.97. The normalized spacial score (nSPS) is 13.3. The number of nitrogens with zero attached hydrogens (tertiary/aromatic N) is 2. The first-order valence-corrected chi connectivity index (χ1v) is 4.12. The quantitative estimate of drug-likeness (QED) is 0.321. The van der Waals surface area contributed by atoms with Crippen molar-refractivity contribution in [1.29, 1.82) is 5.26 Å². The van der Waals surface area contributed by atoms with Crippen molar-refractivity contribution in [2.24, 2.45) is 5.16 Å². The van der Waals surface area contributed by atoms with Gasteiger partial charge in [-0.15, -0.1) is 0 Å². The van der Waals surface area contributed by atoms with Crippen LogP contribution < -0.4 is 5.73 Å². The SMILES string of the molecule is CC(=NO)C(C#N)c1cccc(N)c1. The summed E-state index contributed by atoms with van der Waals surface area (Å²) in [6, 6.07) is 9.03. The lowest BCUT2D eigenvalue weighted by atomic mass is 9.96. The van der Waals surface area contributed by atoms with Crippen LogP contribution in [0.4, 0.5) is 5.69 Å². The van der Waals surface area contributed by atoms with Gasteiger partial charge in [-0.25, -0.2) is 0 Å². The molecule has 1 aromatic carbocycles. The van der Waals surface area contributed by atoms with E-state index >= 15 is 0 Å². The van der Waals surface area contributed by atoms with Crippen molar-refractivity contribution < 1.29 is 5.21 Å². The summed E-state index contributed by atoms with van der Waals surface area (Å²) in [6.45, 7) is 1.59. The molecule has 4 nitrogen and oxygen atoms in total. The van der Waals surface area contributed by atoms with Gasteiger partial charge in [-0.1, -0.05) is 17.3 Å². The van der Waals surface area contributed by atoms with Crippen LogP contribution in [-0.4, -0.2) is 10.9 Å². The van der Waals surface area contributed by atoms with Crippen LogP contribution >= 0.6 is 0 Å². The number of nitrogens with two attached hydrogens (primary N) is 1. The average Bonchev–Trinajstić information content (AvgIpc) is 2.19. The van der Waals surface area contributed by atoms with E-state index < -0.39 is 5.92 Å². The van der Waals surface area contributed by atoms with E-state index in [4.69, 9.17) is 16.2 Å². The summed E-state index contributed by atoms with van der Waals surface area (Å²) in [6.07, 6.45) is 0. The van der Waals surface area contributed by atoms with Gasteiger partial charge < -0.3 is 10.9 Å².